The van der Waals surface area contributed by atoms with Gasteiger partial charge in [-0.15, -0.1) is 12.6 Å². The van der Waals surface area contributed by atoms with Crippen LogP contribution < -0.4 is 5.32 Å². The van der Waals surface area contributed by atoms with Crippen molar-refractivity contribution in [2.45, 2.75) is 11.8 Å². The molecule has 86 valence electrons. The molecule has 0 bridgehead atoms. The first-order chi connectivity index (χ1) is 8.15. The van der Waals surface area contributed by atoms with Gasteiger partial charge in [0.1, 0.15) is 0 Å². The van der Waals surface area contributed by atoms with Crippen LogP contribution in [0.15, 0.2) is 53.4 Å². The van der Waals surface area contributed by atoms with Crippen LogP contribution in [-0.2, 0) is 0 Å². The van der Waals surface area contributed by atoms with Gasteiger partial charge in [-0.05, 0) is 43.3 Å². The minimum Gasteiger partial charge on any atom is -0.322 e. The SMILES string of the molecule is Cc1ccc(NC(=O)c2ccc(S)cc2)cc1. The molecule has 1 N–H and O–H groups in total. The first-order valence-corrected chi connectivity index (χ1v) is 5.77. The second-order valence-corrected chi connectivity index (χ2v) is 4.38. The normalized spacial score (nSPS) is 10.0. The standard InChI is InChI=1S/C14H13NOS/c1-10-2-6-12(7-3-10)15-14(16)11-4-8-13(17)9-5-11/h2-9,17H,1H3,(H,15,16). The smallest absolute Gasteiger partial charge is 0.255 e. The van der Waals surface area contributed by atoms with E-state index in [1.807, 2.05) is 31.2 Å². The quantitative estimate of drug-likeness (QED) is 0.776. The molecule has 0 aliphatic carbocycles. The molecule has 0 heterocycles. The Kier molecular flexibility index (Phi) is 3.49. The van der Waals surface area contributed by atoms with Gasteiger partial charge in [-0.25, -0.2) is 0 Å². The summed E-state index contributed by atoms with van der Waals surface area (Å²) in [5.74, 6) is -0.109. The summed E-state index contributed by atoms with van der Waals surface area (Å²) in [5, 5.41) is 2.84. The lowest BCUT2D eigenvalue weighted by Crippen LogP contribution is -2.11. The number of aryl methyl sites for hydroxylation is 1. The van der Waals surface area contributed by atoms with E-state index in [-0.39, 0.29) is 5.91 Å². The van der Waals surface area contributed by atoms with Crippen molar-refractivity contribution >= 4 is 24.2 Å². The monoisotopic (exact) mass is 243 g/mol. The summed E-state index contributed by atoms with van der Waals surface area (Å²) in [6, 6.07) is 14.8. The maximum Gasteiger partial charge on any atom is 0.255 e. The number of hydrogen-bond acceptors (Lipinski definition) is 2. The van der Waals surface area contributed by atoms with Gasteiger partial charge in [0.2, 0.25) is 0 Å². The lowest BCUT2D eigenvalue weighted by molar-refractivity contribution is 0.102. The van der Waals surface area contributed by atoms with Crippen LogP contribution in [0.2, 0.25) is 0 Å². The highest BCUT2D eigenvalue weighted by molar-refractivity contribution is 7.80. The summed E-state index contributed by atoms with van der Waals surface area (Å²) in [5.41, 5.74) is 2.60. The first-order valence-electron chi connectivity index (χ1n) is 5.32. The van der Waals surface area contributed by atoms with Crippen molar-refractivity contribution in [3.05, 3.63) is 59.7 Å². The molecule has 3 heteroatoms. The zero-order valence-electron chi connectivity index (χ0n) is 9.47. The summed E-state index contributed by atoms with van der Waals surface area (Å²) in [4.78, 5) is 12.7. The van der Waals surface area contributed by atoms with Crippen LogP contribution in [0.1, 0.15) is 15.9 Å². The van der Waals surface area contributed by atoms with E-state index in [0.29, 0.717) is 5.56 Å². The molecular weight excluding hydrogens is 230 g/mol. The largest absolute Gasteiger partial charge is 0.322 e. The molecule has 0 fully saturated rings. The molecular formula is C14H13NOS. The van der Waals surface area contributed by atoms with Crippen molar-refractivity contribution in [2.75, 3.05) is 5.32 Å². The van der Waals surface area contributed by atoms with Crippen LogP contribution >= 0.6 is 12.6 Å². The molecule has 0 aliphatic heterocycles. The molecule has 2 rings (SSSR count). The van der Waals surface area contributed by atoms with E-state index < -0.39 is 0 Å². The molecule has 0 spiro atoms. The molecule has 2 nitrogen and oxygen atoms in total. The summed E-state index contributed by atoms with van der Waals surface area (Å²) in [7, 11) is 0. The Bertz CT molecular complexity index is 517. The van der Waals surface area contributed by atoms with Gasteiger partial charge >= 0.3 is 0 Å². The van der Waals surface area contributed by atoms with Crippen molar-refractivity contribution in [1.29, 1.82) is 0 Å². The molecule has 1 amide bonds. The number of carbonyl (C=O) groups is 1. The molecule has 0 aromatic heterocycles. The van der Waals surface area contributed by atoms with Gasteiger partial charge in [0, 0.05) is 16.1 Å². The molecule has 0 saturated heterocycles. The van der Waals surface area contributed by atoms with Crippen molar-refractivity contribution in [3.8, 4) is 0 Å². The number of benzene rings is 2. The van der Waals surface area contributed by atoms with Crippen molar-refractivity contribution in [2.24, 2.45) is 0 Å². The van der Waals surface area contributed by atoms with Crippen LogP contribution in [0.3, 0.4) is 0 Å². The third kappa shape index (κ3) is 3.11. The van der Waals surface area contributed by atoms with Crippen molar-refractivity contribution in [3.63, 3.8) is 0 Å². The summed E-state index contributed by atoms with van der Waals surface area (Å²) < 4.78 is 0. The second-order valence-electron chi connectivity index (χ2n) is 3.87. The Morgan fingerprint density at radius 1 is 1.00 bits per heavy atom. The van der Waals surface area contributed by atoms with E-state index in [1.54, 1.807) is 24.3 Å². The number of hydrogen-bond donors (Lipinski definition) is 2. The minimum absolute atomic E-state index is 0.109. The topological polar surface area (TPSA) is 29.1 Å². The molecule has 0 atom stereocenters. The van der Waals surface area contributed by atoms with E-state index in [4.69, 9.17) is 0 Å². The van der Waals surface area contributed by atoms with Gasteiger partial charge in [-0.2, -0.15) is 0 Å². The van der Waals surface area contributed by atoms with Crippen molar-refractivity contribution in [1.82, 2.24) is 0 Å². The fourth-order valence-electron chi connectivity index (χ4n) is 1.45. The zero-order valence-corrected chi connectivity index (χ0v) is 10.4. The van der Waals surface area contributed by atoms with Gasteiger partial charge in [0.15, 0.2) is 0 Å². The fraction of sp³-hybridized carbons (Fsp3) is 0.0714. The summed E-state index contributed by atoms with van der Waals surface area (Å²) >= 11 is 4.18. The van der Waals surface area contributed by atoms with Gasteiger partial charge in [-0.3, -0.25) is 4.79 Å². The van der Waals surface area contributed by atoms with Crippen LogP contribution in [0.25, 0.3) is 0 Å². The highest BCUT2D eigenvalue weighted by Crippen LogP contribution is 2.12. The predicted octanol–water partition coefficient (Wildman–Crippen LogP) is 3.54. The van der Waals surface area contributed by atoms with Crippen LogP contribution in [0.5, 0.6) is 0 Å². The van der Waals surface area contributed by atoms with Crippen LogP contribution in [0, 0.1) is 6.92 Å². The number of amides is 1. The summed E-state index contributed by atoms with van der Waals surface area (Å²) in [6.07, 6.45) is 0. The van der Waals surface area contributed by atoms with E-state index >= 15 is 0 Å². The molecule has 0 aliphatic rings. The number of rotatable bonds is 2. The van der Waals surface area contributed by atoms with Crippen molar-refractivity contribution < 1.29 is 4.79 Å². The van der Waals surface area contributed by atoms with E-state index in [2.05, 4.69) is 17.9 Å². The fourth-order valence-corrected chi connectivity index (χ4v) is 1.60. The third-order valence-corrected chi connectivity index (χ3v) is 2.74. The number of anilines is 1. The van der Waals surface area contributed by atoms with Gasteiger partial charge in [-0.1, -0.05) is 17.7 Å². The molecule has 0 saturated carbocycles. The first kappa shape index (κ1) is 11.7. The zero-order chi connectivity index (χ0) is 12.3. The molecule has 0 unspecified atom stereocenters. The average Bonchev–Trinajstić information content (AvgIpc) is 2.33. The number of thiol groups is 1. The Labute approximate surface area is 106 Å². The van der Waals surface area contributed by atoms with E-state index in [0.717, 1.165) is 10.6 Å². The molecule has 17 heavy (non-hydrogen) atoms. The average molecular weight is 243 g/mol. The van der Waals surface area contributed by atoms with Gasteiger partial charge in [0.25, 0.3) is 5.91 Å². The molecule has 2 aromatic carbocycles. The highest BCUT2D eigenvalue weighted by Gasteiger charge is 2.04. The second kappa shape index (κ2) is 5.06. The van der Waals surface area contributed by atoms with Crippen LogP contribution in [-0.4, -0.2) is 5.91 Å². The lowest BCUT2D eigenvalue weighted by atomic mass is 10.2. The highest BCUT2D eigenvalue weighted by atomic mass is 32.1. The lowest BCUT2D eigenvalue weighted by Gasteiger charge is -2.05. The van der Waals surface area contributed by atoms with E-state index in [1.165, 1.54) is 5.56 Å². The maximum atomic E-state index is 11.9. The van der Waals surface area contributed by atoms with Gasteiger partial charge in [0.05, 0.1) is 0 Å². The third-order valence-electron chi connectivity index (χ3n) is 2.44. The Hall–Kier alpha value is -1.74. The predicted molar refractivity (Wildman–Crippen MR) is 72.8 cm³/mol. The van der Waals surface area contributed by atoms with Crippen LogP contribution in [0.4, 0.5) is 5.69 Å². The van der Waals surface area contributed by atoms with Gasteiger partial charge < -0.3 is 5.32 Å². The Morgan fingerprint density at radius 3 is 2.18 bits per heavy atom. The molecule has 0 radical (unpaired) electrons. The number of carbonyl (C=O) groups excluding carboxylic acids is 1. The maximum absolute atomic E-state index is 11.9. The Balaban J connectivity index is 2.11. The summed E-state index contributed by atoms with van der Waals surface area (Å²) in [6.45, 7) is 2.01. The van der Waals surface area contributed by atoms with E-state index in [9.17, 15) is 4.79 Å². The minimum atomic E-state index is -0.109. The Morgan fingerprint density at radius 2 is 1.59 bits per heavy atom. The molecule has 2 aromatic rings. The number of nitrogens with one attached hydrogen (secondary N) is 1.